The Morgan fingerprint density at radius 3 is 2.32 bits per heavy atom. The number of hydrogen-bond donors (Lipinski definition) is 1. The molecule has 1 unspecified atom stereocenters. The minimum atomic E-state index is -0.846. The van der Waals surface area contributed by atoms with Crippen molar-refractivity contribution >= 4 is 0 Å². The molecule has 0 aliphatic heterocycles. The molecule has 0 aliphatic rings. The second kappa shape index (κ2) is 5.13. The Morgan fingerprint density at radius 1 is 1.11 bits per heavy atom. The largest absolute Gasteiger partial charge is 0.466 e. The highest BCUT2D eigenvalue weighted by atomic mass is 19.2. The molecule has 102 valence electrons. The number of furan rings is 1. The molecular weight excluding hydrogens is 248 g/mol. The molecule has 1 aromatic carbocycles. The molecule has 1 aromatic heterocycles. The Kier molecular flexibility index (Phi) is 3.71. The van der Waals surface area contributed by atoms with Crippen LogP contribution in [0.5, 0.6) is 0 Å². The van der Waals surface area contributed by atoms with Crippen molar-refractivity contribution in [2.24, 2.45) is 5.73 Å². The van der Waals surface area contributed by atoms with Gasteiger partial charge in [-0.05, 0) is 50.5 Å². The Morgan fingerprint density at radius 2 is 1.79 bits per heavy atom. The third-order valence-electron chi connectivity index (χ3n) is 3.43. The Hall–Kier alpha value is -1.68. The molecule has 2 nitrogen and oxygen atoms in total. The van der Waals surface area contributed by atoms with Gasteiger partial charge in [0.1, 0.15) is 11.5 Å². The van der Waals surface area contributed by atoms with E-state index in [2.05, 4.69) is 0 Å². The van der Waals surface area contributed by atoms with E-state index >= 15 is 0 Å². The van der Waals surface area contributed by atoms with Gasteiger partial charge in [0.15, 0.2) is 11.6 Å². The van der Waals surface area contributed by atoms with Crippen LogP contribution in [0.15, 0.2) is 22.6 Å². The normalized spacial score (nSPS) is 12.7. The Bertz CT molecular complexity index is 604. The zero-order chi connectivity index (χ0) is 14.2. The van der Waals surface area contributed by atoms with Crippen LogP contribution in [0.25, 0.3) is 0 Å². The van der Waals surface area contributed by atoms with Gasteiger partial charge in [0.05, 0.1) is 0 Å². The van der Waals surface area contributed by atoms with Gasteiger partial charge in [-0.15, -0.1) is 0 Å². The van der Waals surface area contributed by atoms with Gasteiger partial charge in [-0.1, -0.05) is 6.07 Å². The van der Waals surface area contributed by atoms with Crippen molar-refractivity contribution in [3.8, 4) is 0 Å². The number of halogens is 2. The number of nitrogens with two attached hydrogens (primary N) is 1. The zero-order valence-electron chi connectivity index (χ0n) is 11.3. The number of rotatable bonds is 3. The fourth-order valence-corrected chi connectivity index (χ4v) is 2.38. The van der Waals surface area contributed by atoms with E-state index in [1.807, 2.05) is 20.8 Å². The van der Waals surface area contributed by atoms with E-state index in [4.69, 9.17) is 10.2 Å². The first-order valence-corrected chi connectivity index (χ1v) is 6.16. The Balaban J connectivity index is 2.25. The standard InChI is InChI=1S/C15H17F2NO/c1-8-9(2)19-10(3)15(8)14(18)7-11-4-5-12(16)13(17)6-11/h4-6,14H,7,18H2,1-3H3. The first-order valence-electron chi connectivity index (χ1n) is 6.16. The molecule has 2 rings (SSSR count). The maximum absolute atomic E-state index is 13.2. The summed E-state index contributed by atoms with van der Waals surface area (Å²) in [5.41, 5.74) is 8.79. The van der Waals surface area contributed by atoms with Crippen LogP contribution in [0.3, 0.4) is 0 Å². The summed E-state index contributed by atoms with van der Waals surface area (Å²) in [7, 11) is 0. The van der Waals surface area contributed by atoms with Crippen LogP contribution in [0, 0.1) is 32.4 Å². The first kappa shape index (κ1) is 13.7. The molecule has 0 saturated carbocycles. The van der Waals surface area contributed by atoms with E-state index in [-0.39, 0.29) is 6.04 Å². The summed E-state index contributed by atoms with van der Waals surface area (Å²) in [5, 5.41) is 0. The Labute approximate surface area is 111 Å². The molecular formula is C15H17F2NO. The van der Waals surface area contributed by atoms with E-state index in [9.17, 15) is 8.78 Å². The summed E-state index contributed by atoms with van der Waals surface area (Å²) >= 11 is 0. The highest BCUT2D eigenvalue weighted by molar-refractivity contribution is 5.35. The minimum absolute atomic E-state index is 0.290. The van der Waals surface area contributed by atoms with Gasteiger partial charge < -0.3 is 10.2 Å². The highest BCUT2D eigenvalue weighted by Crippen LogP contribution is 2.28. The smallest absolute Gasteiger partial charge is 0.159 e. The van der Waals surface area contributed by atoms with Crippen molar-refractivity contribution in [1.29, 1.82) is 0 Å². The first-order chi connectivity index (χ1) is 8.90. The van der Waals surface area contributed by atoms with Gasteiger partial charge in [-0.3, -0.25) is 0 Å². The third kappa shape index (κ3) is 2.68. The lowest BCUT2D eigenvalue weighted by molar-refractivity contribution is 0.495. The topological polar surface area (TPSA) is 39.2 Å². The molecule has 0 fully saturated rings. The van der Waals surface area contributed by atoms with E-state index in [1.165, 1.54) is 6.07 Å². The maximum atomic E-state index is 13.2. The van der Waals surface area contributed by atoms with Crippen molar-refractivity contribution in [3.63, 3.8) is 0 Å². The van der Waals surface area contributed by atoms with Gasteiger partial charge >= 0.3 is 0 Å². The van der Waals surface area contributed by atoms with Crippen LogP contribution in [-0.4, -0.2) is 0 Å². The van der Waals surface area contributed by atoms with Crippen molar-refractivity contribution in [1.82, 2.24) is 0 Å². The third-order valence-corrected chi connectivity index (χ3v) is 3.43. The van der Waals surface area contributed by atoms with Gasteiger partial charge in [-0.25, -0.2) is 8.78 Å². The summed E-state index contributed by atoms with van der Waals surface area (Å²) in [6.07, 6.45) is 0.442. The number of aryl methyl sites for hydroxylation is 2. The fourth-order valence-electron chi connectivity index (χ4n) is 2.38. The zero-order valence-corrected chi connectivity index (χ0v) is 11.3. The van der Waals surface area contributed by atoms with Crippen LogP contribution in [0.1, 0.15) is 34.3 Å². The van der Waals surface area contributed by atoms with Crippen LogP contribution < -0.4 is 5.73 Å². The minimum Gasteiger partial charge on any atom is -0.466 e. The van der Waals surface area contributed by atoms with Crippen LogP contribution in [0.4, 0.5) is 8.78 Å². The number of hydrogen-bond acceptors (Lipinski definition) is 2. The molecule has 0 bridgehead atoms. The molecule has 1 heterocycles. The summed E-state index contributed by atoms with van der Waals surface area (Å²) in [5.74, 6) is -0.0660. The van der Waals surface area contributed by atoms with E-state index < -0.39 is 11.6 Å². The van der Waals surface area contributed by atoms with Crippen LogP contribution in [0.2, 0.25) is 0 Å². The summed E-state index contributed by atoms with van der Waals surface area (Å²) in [6.45, 7) is 5.70. The fraction of sp³-hybridized carbons (Fsp3) is 0.333. The van der Waals surface area contributed by atoms with Crippen molar-refractivity contribution < 1.29 is 13.2 Å². The molecule has 0 radical (unpaired) electrons. The van der Waals surface area contributed by atoms with Gasteiger partial charge in [0, 0.05) is 11.6 Å². The van der Waals surface area contributed by atoms with Gasteiger partial charge in [-0.2, -0.15) is 0 Å². The molecule has 1 atom stereocenters. The molecule has 0 aliphatic carbocycles. The van der Waals surface area contributed by atoms with Crippen molar-refractivity contribution in [3.05, 3.63) is 58.0 Å². The van der Waals surface area contributed by atoms with E-state index in [0.717, 1.165) is 28.7 Å². The molecule has 2 N–H and O–H groups in total. The second-order valence-corrected chi connectivity index (χ2v) is 4.81. The van der Waals surface area contributed by atoms with Crippen molar-refractivity contribution in [2.45, 2.75) is 33.2 Å². The summed E-state index contributed by atoms with van der Waals surface area (Å²) in [4.78, 5) is 0. The molecule has 19 heavy (non-hydrogen) atoms. The predicted octanol–water partition coefficient (Wildman–Crippen LogP) is 3.73. The van der Waals surface area contributed by atoms with Crippen molar-refractivity contribution in [2.75, 3.05) is 0 Å². The lowest BCUT2D eigenvalue weighted by atomic mass is 9.96. The lowest BCUT2D eigenvalue weighted by Gasteiger charge is -2.12. The summed E-state index contributed by atoms with van der Waals surface area (Å²) < 4.78 is 31.6. The SMILES string of the molecule is Cc1oc(C)c(C(N)Cc2ccc(F)c(F)c2)c1C. The quantitative estimate of drug-likeness (QED) is 0.918. The number of benzene rings is 1. The van der Waals surface area contributed by atoms with Gasteiger partial charge in [0.25, 0.3) is 0 Å². The molecule has 0 saturated heterocycles. The molecule has 2 aromatic rings. The molecule has 4 heteroatoms. The van der Waals surface area contributed by atoms with Crippen LogP contribution >= 0.6 is 0 Å². The second-order valence-electron chi connectivity index (χ2n) is 4.81. The highest BCUT2D eigenvalue weighted by Gasteiger charge is 2.18. The monoisotopic (exact) mass is 265 g/mol. The average Bonchev–Trinajstić information content (AvgIpc) is 2.58. The maximum Gasteiger partial charge on any atom is 0.159 e. The van der Waals surface area contributed by atoms with E-state index in [1.54, 1.807) is 6.07 Å². The average molecular weight is 265 g/mol. The van der Waals surface area contributed by atoms with Crippen LogP contribution in [-0.2, 0) is 6.42 Å². The van der Waals surface area contributed by atoms with Gasteiger partial charge in [0.2, 0.25) is 0 Å². The summed E-state index contributed by atoms with van der Waals surface area (Å²) in [6, 6.07) is 3.57. The van der Waals surface area contributed by atoms with E-state index in [0.29, 0.717) is 12.0 Å². The molecule has 0 spiro atoms. The molecule has 0 amide bonds. The lowest BCUT2D eigenvalue weighted by Crippen LogP contribution is -2.15. The predicted molar refractivity (Wildman–Crippen MR) is 69.9 cm³/mol.